The van der Waals surface area contributed by atoms with Gasteiger partial charge in [0.25, 0.3) is 0 Å². The van der Waals surface area contributed by atoms with Crippen molar-refractivity contribution in [2.75, 3.05) is 13.2 Å². The molecule has 1 aliphatic carbocycles. The highest BCUT2D eigenvalue weighted by Crippen LogP contribution is 2.44. The minimum absolute atomic E-state index is 0.0820. The van der Waals surface area contributed by atoms with Crippen molar-refractivity contribution in [1.82, 2.24) is 10.6 Å². The van der Waals surface area contributed by atoms with Crippen molar-refractivity contribution >= 4 is 18.0 Å². The number of hydrogen-bond donors (Lipinski definition) is 3. The van der Waals surface area contributed by atoms with E-state index < -0.39 is 36.2 Å². The third-order valence-corrected chi connectivity index (χ3v) is 6.23. The molecule has 0 unspecified atom stereocenters. The minimum atomic E-state index is -1.12. The summed E-state index contributed by atoms with van der Waals surface area (Å²) in [4.78, 5) is 36.7. The molecule has 0 aromatic heterocycles. The fourth-order valence-electron chi connectivity index (χ4n) is 4.56. The molecule has 33 heavy (non-hydrogen) atoms. The number of carboxylic acid groups (broad SMARTS) is 1. The van der Waals surface area contributed by atoms with Crippen LogP contribution in [-0.2, 0) is 19.1 Å². The van der Waals surface area contributed by atoms with Gasteiger partial charge in [-0.15, -0.1) is 0 Å². The molecule has 0 spiro atoms. The van der Waals surface area contributed by atoms with Crippen molar-refractivity contribution in [2.24, 2.45) is 5.92 Å². The van der Waals surface area contributed by atoms with Crippen LogP contribution in [0.1, 0.15) is 37.3 Å². The van der Waals surface area contributed by atoms with Crippen LogP contribution in [0.15, 0.2) is 48.5 Å². The van der Waals surface area contributed by atoms with Crippen molar-refractivity contribution < 1.29 is 29.0 Å². The molecule has 8 nitrogen and oxygen atoms in total. The van der Waals surface area contributed by atoms with Crippen LogP contribution < -0.4 is 10.6 Å². The van der Waals surface area contributed by atoms with E-state index >= 15 is 0 Å². The first-order valence-corrected chi connectivity index (χ1v) is 11.1. The maximum Gasteiger partial charge on any atom is 0.407 e. The molecule has 4 rings (SSSR count). The summed E-state index contributed by atoms with van der Waals surface area (Å²) in [7, 11) is 0. The van der Waals surface area contributed by atoms with Crippen LogP contribution in [-0.4, -0.2) is 54.5 Å². The van der Waals surface area contributed by atoms with Gasteiger partial charge in [-0.25, -0.2) is 9.59 Å². The van der Waals surface area contributed by atoms with E-state index in [1.807, 2.05) is 36.4 Å². The minimum Gasteiger partial charge on any atom is -0.479 e. The van der Waals surface area contributed by atoms with Crippen LogP contribution in [0.3, 0.4) is 0 Å². The summed E-state index contributed by atoms with van der Waals surface area (Å²) < 4.78 is 10.7. The lowest BCUT2D eigenvalue weighted by atomic mass is 9.98. The SMILES string of the molecule is CC(C)[C@H](NC(=O)OCC1c2ccccc2-c2ccccc21)C(=O)N[C@@H]1CCO[C@@H]1C(=O)O. The molecule has 8 heteroatoms. The van der Waals surface area contributed by atoms with Crippen LogP contribution in [0.4, 0.5) is 4.79 Å². The molecule has 2 aromatic rings. The number of amides is 2. The summed E-state index contributed by atoms with van der Waals surface area (Å²) >= 11 is 0. The van der Waals surface area contributed by atoms with Gasteiger partial charge in [0.2, 0.25) is 5.91 Å². The number of fused-ring (bicyclic) bond motifs is 3. The molecule has 0 bridgehead atoms. The van der Waals surface area contributed by atoms with Gasteiger partial charge in [0.15, 0.2) is 6.10 Å². The molecule has 2 aromatic carbocycles. The number of nitrogens with one attached hydrogen (secondary N) is 2. The Morgan fingerprint density at radius 2 is 1.67 bits per heavy atom. The lowest BCUT2D eigenvalue weighted by Gasteiger charge is -2.25. The van der Waals surface area contributed by atoms with Gasteiger partial charge in [-0.2, -0.15) is 0 Å². The third-order valence-electron chi connectivity index (χ3n) is 6.23. The predicted molar refractivity (Wildman–Crippen MR) is 121 cm³/mol. The van der Waals surface area contributed by atoms with E-state index in [9.17, 15) is 19.5 Å². The Morgan fingerprint density at radius 3 is 2.24 bits per heavy atom. The molecule has 0 radical (unpaired) electrons. The van der Waals surface area contributed by atoms with E-state index in [0.717, 1.165) is 22.3 Å². The van der Waals surface area contributed by atoms with E-state index in [1.165, 1.54) is 0 Å². The van der Waals surface area contributed by atoms with E-state index in [2.05, 4.69) is 22.8 Å². The fourth-order valence-corrected chi connectivity index (χ4v) is 4.56. The summed E-state index contributed by atoms with van der Waals surface area (Å²) in [6, 6.07) is 14.6. The monoisotopic (exact) mass is 452 g/mol. The highest BCUT2D eigenvalue weighted by Gasteiger charge is 2.37. The summed E-state index contributed by atoms with van der Waals surface area (Å²) in [6.45, 7) is 4.00. The number of rotatable bonds is 7. The average Bonchev–Trinajstić information content (AvgIpc) is 3.38. The second-order valence-electron chi connectivity index (χ2n) is 8.72. The van der Waals surface area contributed by atoms with E-state index in [4.69, 9.17) is 9.47 Å². The molecular formula is C25H28N2O6. The Hall–Kier alpha value is -3.39. The van der Waals surface area contributed by atoms with E-state index in [-0.39, 0.29) is 25.0 Å². The number of carbonyl (C=O) groups excluding carboxylic acids is 2. The predicted octanol–water partition coefficient (Wildman–Crippen LogP) is 2.91. The Labute approximate surface area is 192 Å². The number of aliphatic carboxylic acids is 1. The van der Waals surface area contributed by atoms with Gasteiger partial charge in [-0.05, 0) is 34.6 Å². The molecule has 0 saturated carbocycles. The quantitative estimate of drug-likeness (QED) is 0.595. The standard InChI is InChI=1S/C25H28N2O6/c1-14(2)21(23(28)26-20-11-12-32-22(20)24(29)30)27-25(31)33-13-19-17-9-5-3-7-15(17)16-8-4-6-10-18(16)19/h3-10,14,19-22H,11-13H2,1-2H3,(H,26,28)(H,27,31)(H,29,30)/t20-,21+,22+/m1/s1. The first kappa shape index (κ1) is 22.8. The molecule has 3 atom stereocenters. The van der Waals surface area contributed by atoms with E-state index in [0.29, 0.717) is 6.42 Å². The van der Waals surface area contributed by atoms with Crippen LogP contribution in [0.2, 0.25) is 0 Å². The largest absolute Gasteiger partial charge is 0.479 e. The Balaban J connectivity index is 1.39. The highest BCUT2D eigenvalue weighted by molar-refractivity contribution is 5.87. The third kappa shape index (κ3) is 4.71. The van der Waals surface area contributed by atoms with Gasteiger partial charge in [0.05, 0.1) is 6.04 Å². The molecule has 2 amide bonds. The van der Waals surface area contributed by atoms with Crippen molar-refractivity contribution in [1.29, 1.82) is 0 Å². The van der Waals surface area contributed by atoms with Gasteiger partial charge < -0.3 is 25.2 Å². The highest BCUT2D eigenvalue weighted by atomic mass is 16.5. The number of carbonyl (C=O) groups is 3. The number of alkyl carbamates (subject to hydrolysis) is 1. The first-order valence-electron chi connectivity index (χ1n) is 11.1. The average molecular weight is 453 g/mol. The van der Waals surface area contributed by atoms with Crippen LogP contribution in [0, 0.1) is 5.92 Å². The number of ether oxygens (including phenoxy) is 2. The number of benzene rings is 2. The molecule has 1 fully saturated rings. The van der Waals surface area contributed by atoms with Crippen molar-refractivity contribution in [2.45, 2.75) is 44.4 Å². The van der Waals surface area contributed by atoms with Crippen LogP contribution >= 0.6 is 0 Å². The second-order valence-corrected chi connectivity index (χ2v) is 8.72. The molecule has 2 aliphatic rings. The zero-order chi connectivity index (χ0) is 23.5. The Bertz CT molecular complexity index is 1010. The Morgan fingerprint density at radius 1 is 1.06 bits per heavy atom. The van der Waals surface area contributed by atoms with Gasteiger partial charge in [0, 0.05) is 12.5 Å². The molecule has 1 saturated heterocycles. The lowest BCUT2D eigenvalue weighted by molar-refractivity contribution is -0.148. The summed E-state index contributed by atoms with van der Waals surface area (Å²) in [5.41, 5.74) is 4.47. The summed E-state index contributed by atoms with van der Waals surface area (Å²) in [5.74, 6) is -1.89. The van der Waals surface area contributed by atoms with Crippen molar-refractivity contribution in [3.8, 4) is 11.1 Å². The number of hydrogen-bond acceptors (Lipinski definition) is 5. The lowest BCUT2D eigenvalue weighted by Crippen LogP contribution is -2.54. The molecular weight excluding hydrogens is 424 g/mol. The van der Waals surface area contributed by atoms with Gasteiger partial charge in [0.1, 0.15) is 12.6 Å². The van der Waals surface area contributed by atoms with Crippen molar-refractivity contribution in [3.05, 3.63) is 59.7 Å². The maximum absolute atomic E-state index is 12.8. The van der Waals surface area contributed by atoms with Gasteiger partial charge >= 0.3 is 12.1 Å². The normalized spacial score (nSPS) is 20.1. The fraction of sp³-hybridized carbons (Fsp3) is 0.400. The second kappa shape index (κ2) is 9.62. The van der Waals surface area contributed by atoms with Crippen molar-refractivity contribution in [3.63, 3.8) is 0 Å². The van der Waals surface area contributed by atoms with E-state index in [1.54, 1.807) is 13.8 Å². The van der Waals surface area contributed by atoms with Crippen LogP contribution in [0.5, 0.6) is 0 Å². The zero-order valence-electron chi connectivity index (χ0n) is 18.6. The first-order chi connectivity index (χ1) is 15.9. The Kier molecular flexibility index (Phi) is 6.65. The zero-order valence-corrected chi connectivity index (χ0v) is 18.6. The summed E-state index contributed by atoms with van der Waals surface area (Å²) in [6.07, 6.45) is -1.38. The number of carboxylic acids is 1. The molecule has 3 N–H and O–H groups in total. The molecule has 174 valence electrons. The summed E-state index contributed by atoms with van der Waals surface area (Å²) in [5, 5.41) is 14.6. The van der Waals surface area contributed by atoms with Gasteiger partial charge in [-0.1, -0.05) is 62.4 Å². The topological polar surface area (TPSA) is 114 Å². The van der Waals surface area contributed by atoms with Gasteiger partial charge in [-0.3, -0.25) is 4.79 Å². The van der Waals surface area contributed by atoms with Crippen LogP contribution in [0.25, 0.3) is 11.1 Å². The maximum atomic E-state index is 12.8. The molecule has 1 heterocycles. The smallest absolute Gasteiger partial charge is 0.407 e. The molecule has 1 aliphatic heterocycles.